The minimum atomic E-state index is -0.967. The molecule has 98 valence electrons. The van der Waals surface area contributed by atoms with Crippen LogP contribution in [-0.4, -0.2) is 16.1 Å². The predicted octanol–water partition coefficient (Wildman–Crippen LogP) is 3.48. The molecule has 0 aliphatic carbocycles. The number of benzene rings is 1. The fourth-order valence-corrected chi connectivity index (χ4v) is 1.86. The van der Waals surface area contributed by atoms with E-state index in [1.54, 1.807) is 12.1 Å². The highest BCUT2D eigenvalue weighted by Crippen LogP contribution is 2.20. The van der Waals surface area contributed by atoms with E-state index in [1.807, 2.05) is 18.2 Å². The number of carbonyl (C=O) groups is 1. The first-order valence-corrected chi connectivity index (χ1v) is 6.25. The molecule has 1 heterocycles. The Hall–Kier alpha value is -2.36. The molecule has 2 rings (SSSR count). The first-order valence-electron chi connectivity index (χ1n) is 6.25. The molecule has 0 aliphatic rings. The molecule has 0 atom stereocenters. The molecule has 0 saturated heterocycles. The fraction of sp³-hybridized carbons (Fsp3) is 0.200. The zero-order valence-electron chi connectivity index (χ0n) is 10.8. The maximum atomic E-state index is 10.7. The number of nitrogens with one attached hydrogen (secondary N) is 1. The molecule has 0 saturated carbocycles. The van der Waals surface area contributed by atoms with Crippen LogP contribution in [0, 0.1) is 0 Å². The number of aryl methyl sites for hydroxylation is 1. The largest absolute Gasteiger partial charge is 0.478 e. The zero-order chi connectivity index (χ0) is 13.7. The normalized spacial score (nSPS) is 10.2. The van der Waals surface area contributed by atoms with Gasteiger partial charge in [-0.25, -0.2) is 9.78 Å². The van der Waals surface area contributed by atoms with E-state index in [0.29, 0.717) is 5.82 Å². The maximum Gasteiger partial charge on any atom is 0.337 e. The van der Waals surface area contributed by atoms with Crippen LogP contribution < -0.4 is 5.32 Å². The summed E-state index contributed by atoms with van der Waals surface area (Å²) in [4.78, 5) is 14.9. The highest BCUT2D eigenvalue weighted by atomic mass is 16.4. The molecule has 0 radical (unpaired) electrons. The van der Waals surface area contributed by atoms with Crippen molar-refractivity contribution in [3.05, 3.63) is 53.7 Å². The van der Waals surface area contributed by atoms with Gasteiger partial charge in [0.05, 0.1) is 5.56 Å². The minimum absolute atomic E-state index is 0.187. The first-order chi connectivity index (χ1) is 9.20. The number of anilines is 2. The quantitative estimate of drug-likeness (QED) is 0.859. The van der Waals surface area contributed by atoms with Crippen molar-refractivity contribution in [1.29, 1.82) is 0 Å². The first kappa shape index (κ1) is 13.1. The lowest BCUT2D eigenvalue weighted by molar-refractivity contribution is 0.0696. The van der Waals surface area contributed by atoms with E-state index >= 15 is 0 Å². The topological polar surface area (TPSA) is 62.2 Å². The van der Waals surface area contributed by atoms with Crippen LogP contribution in [0.3, 0.4) is 0 Å². The van der Waals surface area contributed by atoms with Crippen molar-refractivity contribution in [2.24, 2.45) is 0 Å². The highest BCUT2D eigenvalue weighted by Gasteiger charge is 2.05. The molecule has 2 aromatic rings. The lowest BCUT2D eigenvalue weighted by Gasteiger charge is -2.10. The Bertz CT molecular complexity index is 565. The van der Waals surface area contributed by atoms with Crippen LogP contribution in [0.25, 0.3) is 0 Å². The number of hydrogen-bond acceptors (Lipinski definition) is 3. The number of nitrogens with zero attached hydrogens (tertiary/aromatic N) is 1. The summed E-state index contributed by atoms with van der Waals surface area (Å²) in [7, 11) is 0. The third kappa shape index (κ3) is 3.31. The van der Waals surface area contributed by atoms with Gasteiger partial charge in [0.2, 0.25) is 0 Å². The molecule has 1 aromatic carbocycles. The number of aromatic carboxylic acids is 1. The van der Waals surface area contributed by atoms with Crippen LogP contribution in [0.4, 0.5) is 11.5 Å². The molecule has 0 bridgehead atoms. The molecule has 0 amide bonds. The van der Waals surface area contributed by atoms with Crippen molar-refractivity contribution in [2.75, 3.05) is 5.32 Å². The molecule has 0 fully saturated rings. The van der Waals surface area contributed by atoms with Crippen LogP contribution in [0.1, 0.15) is 29.3 Å². The third-order valence-electron chi connectivity index (χ3n) is 2.81. The zero-order valence-corrected chi connectivity index (χ0v) is 10.8. The summed E-state index contributed by atoms with van der Waals surface area (Å²) in [6.07, 6.45) is 3.42. The highest BCUT2D eigenvalue weighted by molar-refractivity contribution is 5.87. The van der Waals surface area contributed by atoms with E-state index in [4.69, 9.17) is 5.11 Å². The Balaban J connectivity index is 2.19. The summed E-state index contributed by atoms with van der Waals surface area (Å²) >= 11 is 0. The van der Waals surface area contributed by atoms with Crippen molar-refractivity contribution in [1.82, 2.24) is 4.98 Å². The maximum absolute atomic E-state index is 10.7. The summed E-state index contributed by atoms with van der Waals surface area (Å²) in [5.41, 5.74) is 2.43. The van der Waals surface area contributed by atoms with E-state index in [9.17, 15) is 4.79 Å². The van der Waals surface area contributed by atoms with Gasteiger partial charge >= 0.3 is 5.97 Å². The van der Waals surface area contributed by atoms with Gasteiger partial charge in [0.1, 0.15) is 5.82 Å². The summed E-state index contributed by atoms with van der Waals surface area (Å²) < 4.78 is 0. The van der Waals surface area contributed by atoms with Gasteiger partial charge in [-0.05, 0) is 30.2 Å². The Morgan fingerprint density at radius 2 is 2.05 bits per heavy atom. The molecule has 19 heavy (non-hydrogen) atoms. The monoisotopic (exact) mass is 256 g/mol. The number of rotatable bonds is 5. The van der Waals surface area contributed by atoms with Crippen LogP contribution in [-0.2, 0) is 6.42 Å². The lowest BCUT2D eigenvalue weighted by atomic mass is 10.1. The predicted molar refractivity (Wildman–Crippen MR) is 74.9 cm³/mol. The second-order valence-corrected chi connectivity index (χ2v) is 4.27. The Kier molecular flexibility index (Phi) is 4.13. The molecule has 4 heteroatoms. The van der Waals surface area contributed by atoms with Crippen molar-refractivity contribution < 1.29 is 9.90 Å². The van der Waals surface area contributed by atoms with Crippen LogP contribution >= 0.6 is 0 Å². The van der Waals surface area contributed by atoms with Crippen molar-refractivity contribution in [3.8, 4) is 0 Å². The Morgan fingerprint density at radius 1 is 1.26 bits per heavy atom. The lowest BCUT2D eigenvalue weighted by Crippen LogP contribution is -2.00. The second kappa shape index (κ2) is 6.00. The number of aromatic nitrogens is 1. The van der Waals surface area contributed by atoms with Gasteiger partial charge in [0.25, 0.3) is 0 Å². The fourth-order valence-electron chi connectivity index (χ4n) is 1.86. The number of carboxylic acid groups (broad SMARTS) is 1. The molecule has 1 aromatic heterocycles. The van der Waals surface area contributed by atoms with E-state index in [2.05, 4.69) is 23.3 Å². The molecule has 0 spiro atoms. The third-order valence-corrected chi connectivity index (χ3v) is 2.81. The van der Waals surface area contributed by atoms with E-state index in [-0.39, 0.29) is 5.56 Å². The minimum Gasteiger partial charge on any atom is -0.478 e. The SMILES string of the molecule is CCCc1ccccc1Nc1ccc(C(=O)O)cn1. The van der Waals surface area contributed by atoms with Crippen LogP contribution in [0.2, 0.25) is 0 Å². The van der Waals surface area contributed by atoms with Gasteiger partial charge in [0, 0.05) is 11.9 Å². The smallest absolute Gasteiger partial charge is 0.337 e. The average molecular weight is 256 g/mol. The summed E-state index contributed by atoms with van der Waals surface area (Å²) in [6.45, 7) is 2.14. The summed E-state index contributed by atoms with van der Waals surface area (Å²) in [6, 6.07) is 11.3. The van der Waals surface area contributed by atoms with E-state index < -0.39 is 5.97 Å². The molecule has 2 N–H and O–H groups in total. The van der Waals surface area contributed by atoms with Crippen LogP contribution in [0.5, 0.6) is 0 Å². The number of hydrogen-bond donors (Lipinski definition) is 2. The Morgan fingerprint density at radius 3 is 2.68 bits per heavy atom. The summed E-state index contributed by atoms with van der Waals surface area (Å²) in [5.74, 6) is -0.320. The van der Waals surface area contributed by atoms with Crippen molar-refractivity contribution in [3.63, 3.8) is 0 Å². The average Bonchev–Trinajstić information content (AvgIpc) is 2.42. The molecule has 0 unspecified atom stereocenters. The van der Waals surface area contributed by atoms with E-state index in [1.165, 1.54) is 11.8 Å². The molecule has 4 nitrogen and oxygen atoms in total. The second-order valence-electron chi connectivity index (χ2n) is 4.27. The van der Waals surface area contributed by atoms with Gasteiger partial charge in [-0.15, -0.1) is 0 Å². The molecular formula is C15H16N2O2. The number of para-hydroxylation sites is 1. The van der Waals surface area contributed by atoms with E-state index in [0.717, 1.165) is 18.5 Å². The Labute approximate surface area is 112 Å². The van der Waals surface area contributed by atoms with Gasteiger partial charge < -0.3 is 10.4 Å². The van der Waals surface area contributed by atoms with Gasteiger partial charge in [0.15, 0.2) is 0 Å². The van der Waals surface area contributed by atoms with Crippen molar-refractivity contribution >= 4 is 17.5 Å². The van der Waals surface area contributed by atoms with Gasteiger partial charge in [-0.1, -0.05) is 31.5 Å². The number of carboxylic acids is 1. The van der Waals surface area contributed by atoms with Gasteiger partial charge in [-0.3, -0.25) is 0 Å². The summed E-state index contributed by atoms with van der Waals surface area (Å²) in [5, 5.41) is 12.0. The van der Waals surface area contributed by atoms with Gasteiger partial charge in [-0.2, -0.15) is 0 Å². The standard InChI is InChI=1S/C15H16N2O2/c1-2-5-11-6-3-4-7-13(11)17-14-9-8-12(10-16-14)15(18)19/h3-4,6-10H,2,5H2,1H3,(H,16,17)(H,18,19). The molecular weight excluding hydrogens is 240 g/mol. The van der Waals surface area contributed by atoms with Crippen LogP contribution in [0.15, 0.2) is 42.6 Å². The van der Waals surface area contributed by atoms with Crippen molar-refractivity contribution in [2.45, 2.75) is 19.8 Å². The number of pyridine rings is 1. The molecule has 0 aliphatic heterocycles.